The van der Waals surface area contributed by atoms with Gasteiger partial charge in [0.1, 0.15) is 5.78 Å². The molecule has 2 aliphatic rings. The van der Waals surface area contributed by atoms with Crippen molar-refractivity contribution in [1.29, 1.82) is 0 Å². The minimum Gasteiger partial charge on any atom is -0.365 e. The zero-order valence-corrected chi connectivity index (χ0v) is 16.6. The normalized spacial score (nSPS) is 27.5. The van der Waals surface area contributed by atoms with E-state index in [1.807, 2.05) is 39.8 Å². The number of imide groups is 1. The number of rotatable bonds is 8. The number of unbranched alkanes of at least 4 members (excludes halogenated alkanes) is 2. The summed E-state index contributed by atoms with van der Waals surface area (Å²) in [5.74, 6) is -0.887. The van der Waals surface area contributed by atoms with Crippen molar-refractivity contribution in [2.75, 3.05) is 6.54 Å². The molecule has 5 nitrogen and oxygen atoms in total. The van der Waals surface area contributed by atoms with Crippen LogP contribution in [0.4, 0.5) is 0 Å². The standard InChI is InChI=1S/C21H31NO4/c1-13(2)11-16-18-19(17(26-16)12-14(3)4)21(25)22(20(18)24)10-8-6-7-9-15(5)23/h11-12,16-19H,6-10H2,1-5H3. The van der Waals surface area contributed by atoms with Crippen LogP contribution in [-0.2, 0) is 19.1 Å². The summed E-state index contributed by atoms with van der Waals surface area (Å²) in [4.78, 5) is 38.3. The predicted molar refractivity (Wildman–Crippen MR) is 100 cm³/mol. The van der Waals surface area contributed by atoms with Crippen LogP contribution in [0.2, 0.25) is 0 Å². The highest BCUT2D eigenvalue weighted by atomic mass is 16.5. The maximum absolute atomic E-state index is 12.9. The monoisotopic (exact) mass is 361 g/mol. The summed E-state index contributed by atoms with van der Waals surface area (Å²) in [6.07, 6.45) is 6.18. The summed E-state index contributed by atoms with van der Waals surface area (Å²) in [6, 6.07) is 0. The van der Waals surface area contributed by atoms with Crippen LogP contribution in [0.25, 0.3) is 0 Å². The Kier molecular flexibility index (Phi) is 6.93. The second-order valence-corrected chi connectivity index (χ2v) is 7.95. The summed E-state index contributed by atoms with van der Waals surface area (Å²) in [7, 11) is 0. The van der Waals surface area contributed by atoms with Gasteiger partial charge in [-0.05, 0) is 47.5 Å². The quantitative estimate of drug-likeness (QED) is 0.377. The summed E-state index contributed by atoms with van der Waals surface area (Å²) in [6.45, 7) is 9.91. The summed E-state index contributed by atoms with van der Waals surface area (Å²) in [5.41, 5.74) is 2.16. The fraction of sp³-hybridized carbons (Fsp3) is 0.667. The van der Waals surface area contributed by atoms with Crippen LogP contribution in [0.5, 0.6) is 0 Å². The molecule has 2 fully saturated rings. The smallest absolute Gasteiger partial charge is 0.236 e. The molecule has 0 aromatic carbocycles. The van der Waals surface area contributed by atoms with E-state index in [1.54, 1.807) is 6.92 Å². The van der Waals surface area contributed by atoms with E-state index in [-0.39, 0.29) is 29.8 Å². The number of likely N-dealkylation sites (tertiary alicyclic amines) is 1. The van der Waals surface area contributed by atoms with Crippen molar-refractivity contribution in [2.45, 2.75) is 72.5 Å². The summed E-state index contributed by atoms with van der Waals surface area (Å²) < 4.78 is 6.05. The van der Waals surface area contributed by atoms with E-state index in [0.717, 1.165) is 30.4 Å². The third kappa shape index (κ3) is 4.70. The molecule has 2 amide bonds. The number of carbonyl (C=O) groups excluding carboxylic acids is 3. The van der Waals surface area contributed by atoms with E-state index in [2.05, 4.69) is 0 Å². The van der Waals surface area contributed by atoms with Gasteiger partial charge in [-0.15, -0.1) is 0 Å². The van der Waals surface area contributed by atoms with Crippen molar-refractivity contribution < 1.29 is 19.1 Å². The molecule has 4 unspecified atom stereocenters. The number of ether oxygens (including phenoxy) is 1. The number of ketones is 1. The molecule has 4 atom stereocenters. The van der Waals surface area contributed by atoms with Crippen molar-refractivity contribution in [2.24, 2.45) is 11.8 Å². The molecule has 0 bridgehead atoms. The largest absolute Gasteiger partial charge is 0.365 e. The SMILES string of the molecule is CC(=O)CCCCCN1C(=O)C2C(C=C(C)C)OC(C=C(C)C)C2C1=O. The first-order valence-corrected chi connectivity index (χ1v) is 9.52. The Bertz CT molecular complexity index is 584. The topological polar surface area (TPSA) is 63.7 Å². The number of carbonyl (C=O) groups is 3. The van der Waals surface area contributed by atoms with Crippen molar-refractivity contribution in [3.8, 4) is 0 Å². The van der Waals surface area contributed by atoms with E-state index < -0.39 is 11.8 Å². The lowest BCUT2D eigenvalue weighted by atomic mass is 9.88. The van der Waals surface area contributed by atoms with Gasteiger partial charge >= 0.3 is 0 Å². The van der Waals surface area contributed by atoms with Crippen LogP contribution in [0.3, 0.4) is 0 Å². The molecule has 0 N–H and O–H groups in total. The molecule has 2 heterocycles. The summed E-state index contributed by atoms with van der Waals surface area (Å²) >= 11 is 0. The Labute approximate surface area is 156 Å². The van der Waals surface area contributed by atoms with Gasteiger partial charge < -0.3 is 9.53 Å². The second-order valence-electron chi connectivity index (χ2n) is 7.95. The van der Waals surface area contributed by atoms with Gasteiger partial charge in [0.05, 0.1) is 24.0 Å². The van der Waals surface area contributed by atoms with Gasteiger partial charge in [-0.2, -0.15) is 0 Å². The highest BCUT2D eigenvalue weighted by molar-refractivity contribution is 6.06. The fourth-order valence-electron chi connectivity index (χ4n) is 3.80. The molecule has 0 spiro atoms. The van der Waals surface area contributed by atoms with Gasteiger partial charge in [0.2, 0.25) is 11.8 Å². The van der Waals surface area contributed by atoms with E-state index >= 15 is 0 Å². The molecular formula is C21H31NO4. The zero-order chi connectivity index (χ0) is 19.4. The van der Waals surface area contributed by atoms with Crippen molar-refractivity contribution >= 4 is 17.6 Å². The van der Waals surface area contributed by atoms with Crippen LogP contribution >= 0.6 is 0 Å². The number of allylic oxidation sites excluding steroid dienone is 2. The van der Waals surface area contributed by atoms with Crippen molar-refractivity contribution in [3.05, 3.63) is 23.3 Å². The lowest BCUT2D eigenvalue weighted by molar-refractivity contribution is -0.142. The van der Waals surface area contributed by atoms with Gasteiger partial charge in [0, 0.05) is 13.0 Å². The maximum atomic E-state index is 12.9. The van der Waals surface area contributed by atoms with Crippen molar-refractivity contribution in [3.63, 3.8) is 0 Å². The zero-order valence-electron chi connectivity index (χ0n) is 16.6. The molecule has 0 aromatic heterocycles. The predicted octanol–water partition coefficient (Wildman–Crippen LogP) is 3.44. The van der Waals surface area contributed by atoms with E-state index in [0.29, 0.717) is 13.0 Å². The lowest BCUT2D eigenvalue weighted by Crippen LogP contribution is -2.36. The van der Waals surface area contributed by atoms with Gasteiger partial charge in [-0.1, -0.05) is 29.7 Å². The molecule has 0 aliphatic carbocycles. The third-order valence-corrected chi connectivity index (χ3v) is 4.92. The summed E-state index contributed by atoms with van der Waals surface area (Å²) in [5, 5.41) is 0. The van der Waals surface area contributed by atoms with Crippen molar-refractivity contribution in [1.82, 2.24) is 4.90 Å². The average Bonchev–Trinajstić information content (AvgIpc) is 2.97. The first-order chi connectivity index (χ1) is 12.2. The molecule has 0 radical (unpaired) electrons. The van der Waals surface area contributed by atoms with E-state index in [4.69, 9.17) is 4.74 Å². The minimum absolute atomic E-state index is 0.112. The van der Waals surface area contributed by atoms with Crippen LogP contribution < -0.4 is 0 Å². The van der Waals surface area contributed by atoms with Gasteiger partial charge in [0.15, 0.2) is 0 Å². The molecule has 2 aliphatic heterocycles. The number of amides is 2. The first-order valence-electron chi connectivity index (χ1n) is 9.52. The highest BCUT2D eigenvalue weighted by Crippen LogP contribution is 2.42. The number of Topliss-reactive ketones (excluding diaryl/α,β-unsaturated/α-hetero) is 1. The third-order valence-electron chi connectivity index (χ3n) is 4.92. The lowest BCUT2D eigenvalue weighted by Gasteiger charge is -2.20. The van der Waals surface area contributed by atoms with Crippen LogP contribution in [-0.4, -0.2) is 41.3 Å². The first kappa shape index (κ1) is 20.6. The Balaban J connectivity index is 2.10. The number of nitrogens with zero attached hydrogens (tertiary/aromatic N) is 1. The van der Waals surface area contributed by atoms with E-state index in [1.165, 1.54) is 4.90 Å². The van der Waals surface area contributed by atoms with Gasteiger partial charge in [-0.3, -0.25) is 14.5 Å². The number of fused-ring (bicyclic) bond motifs is 1. The molecule has 0 saturated carbocycles. The second kappa shape index (κ2) is 8.76. The Hall–Kier alpha value is -1.75. The number of hydrogen-bond donors (Lipinski definition) is 0. The molecule has 144 valence electrons. The van der Waals surface area contributed by atoms with Crippen LogP contribution in [0, 0.1) is 11.8 Å². The van der Waals surface area contributed by atoms with E-state index in [9.17, 15) is 14.4 Å². The average molecular weight is 361 g/mol. The molecule has 0 aromatic rings. The Morgan fingerprint density at radius 2 is 1.38 bits per heavy atom. The maximum Gasteiger partial charge on any atom is 0.236 e. The van der Waals surface area contributed by atoms with Gasteiger partial charge in [0.25, 0.3) is 0 Å². The van der Waals surface area contributed by atoms with Gasteiger partial charge in [-0.25, -0.2) is 0 Å². The molecular weight excluding hydrogens is 330 g/mol. The Morgan fingerprint density at radius 1 is 0.885 bits per heavy atom. The molecule has 2 rings (SSSR count). The molecule has 26 heavy (non-hydrogen) atoms. The van der Waals surface area contributed by atoms with Crippen LogP contribution in [0.15, 0.2) is 23.3 Å². The molecule has 2 saturated heterocycles. The molecule has 5 heteroatoms. The highest BCUT2D eigenvalue weighted by Gasteiger charge is 2.58. The number of hydrogen-bond acceptors (Lipinski definition) is 4. The van der Waals surface area contributed by atoms with Crippen LogP contribution in [0.1, 0.15) is 60.3 Å². The fourth-order valence-corrected chi connectivity index (χ4v) is 3.80. The Morgan fingerprint density at radius 3 is 1.81 bits per heavy atom. The minimum atomic E-state index is -0.421.